The van der Waals surface area contributed by atoms with E-state index in [0.717, 1.165) is 22.3 Å². The van der Waals surface area contributed by atoms with Crippen molar-refractivity contribution in [3.63, 3.8) is 0 Å². The molecule has 0 aliphatic carbocycles. The van der Waals surface area contributed by atoms with Gasteiger partial charge in [-0.1, -0.05) is 48.5 Å². The molecule has 4 aromatic rings. The number of carbonyl (C=O) groups excluding carboxylic acids is 2. The van der Waals surface area contributed by atoms with Crippen LogP contribution in [0.2, 0.25) is 0 Å². The van der Waals surface area contributed by atoms with Gasteiger partial charge in [-0.25, -0.2) is 9.59 Å². The summed E-state index contributed by atoms with van der Waals surface area (Å²) in [7, 11) is 0. The van der Waals surface area contributed by atoms with E-state index in [1.807, 2.05) is 24.3 Å². The average Bonchev–Trinajstić information content (AvgIpc) is 2.89. The van der Waals surface area contributed by atoms with E-state index in [0.29, 0.717) is 34.4 Å². The highest BCUT2D eigenvalue weighted by molar-refractivity contribution is 6.17. The molecule has 0 aliphatic heterocycles. The van der Waals surface area contributed by atoms with Crippen LogP contribution in [0.1, 0.15) is 31.8 Å². The Kier molecular flexibility index (Phi) is 7.63. The van der Waals surface area contributed by atoms with Gasteiger partial charge in [0.1, 0.15) is 11.5 Å². The second-order valence-corrected chi connectivity index (χ2v) is 8.02. The molecule has 0 aromatic heterocycles. The Hall–Kier alpha value is -3.60. The lowest BCUT2D eigenvalue weighted by molar-refractivity contribution is 0.0725. The molecule has 0 atom stereocenters. The summed E-state index contributed by atoms with van der Waals surface area (Å²) in [5.74, 6) is 0.808. The predicted molar refractivity (Wildman–Crippen MR) is 134 cm³/mol. The molecule has 0 heterocycles. The number of halogens is 2. The van der Waals surface area contributed by atoms with Crippen LogP contribution < -0.4 is 9.47 Å². The fraction of sp³-hybridized carbons (Fsp3) is 0.0714. The minimum absolute atomic E-state index is 0.392. The monoisotopic (exact) mass is 490 g/mol. The van der Waals surface area contributed by atoms with Gasteiger partial charge in [-0.15, -0.1) is 23.2 Å². The molecule has 34 heavy (non-hydrogen) atoms. The van der Waals surface area contributed by atoms with Gasteiger partial charge in [0, 0.05) is 11.8 Å². The van der Waals surface area contributed by atoms with Crippen molar-refractivity contribution >= 4 is 35.1 Å². The van der Waals surface area contributed by atoms with Crippen molar-refractivity contribution < 1.29 is 19.1 Å². The lowest BCUT2D eigenvalue weighted by Crippen LogP contribution is -2.08. The Bertz CT molecular complexity index is 1160. The first-order valence-corrected chi connectivity index (χ1v) is 11.6. The zero-order chi connectivity index (χ0) is 23.9. The third-order valence-electron chi connectivity index (χ3n) is 5.15. The molecule has 0 aliphatic rings. The fourth-order valence-corrected chi connectivity index (χ4v) is 3.58. The smallest absolute Gasteiger partial charge is 0.343 e. The number of ether oxygens (including phenoxy) is 2. The Balaban J connectivity index is 1.37. The summed E-state index contributed by atoms with van der Waals surface area (Å²) in [5.41, 5.74) is 4.64. The van der Waals surface area contributed by atoms with E-state index in [1.165, 1.54) is 0 Å². The van der Waals surface area contributed by atoms with Crippen LogP contribution in [0.25, 0.3) is 11.1 Å². The van der Waals surface area contributed by atoms with Crippen molar-refractivity contribution in [2.75, 3.05) is 0 Å². The number of hydrogen-bond donors (Lipinski definition) is 0. The normalized spacial score (nSPS) is 10.5. The summed E-state index contributed by atoms with van der Waals surface area (Å²) in [6.07, 6.45) is 0. The van der Waals surface area contributed by atoms with Gasteiger partial charge in [-0.2, -0.15) is 0 Å². The van der Waals surface area contributed by atoms with Crippen molar-refractivity contribution in [1.29, 1.82) is 0 Å². The number of carbonyl (C=O) groups is 2. The predicted octanol–water partition coefficient (Wildman–Crippen LogP) is 7.27. The van der Waals surface area contributed by atoms with Crippen LogP contribution in [0.5, 0.6) is 11.5 Å². The van der Waals surface area contributed by atoms with Crippen molar-refractivity contribution in [3.05, 3.63) is 119 Å². The van der Waals surface area contributed by atoms with Crippen LogP contribution in [-0.2, 0) is 11.8 Å². The first-order chi connectivity index (χ1) is 16.6. The third-order valence-corrected chi connectivity index (χ3v) is 5.77. The summed E-state index contributed by atoms with van der Waals surface area (Å²) in [6.45, 7) is 0. The number of benzene rings is 4. The maximum Gasteiger partial charge on any atom is 0.343 e. The van der Waals surface area contributed by atoms with Gasteiger partial charge in [-0.3, -0.25) is 0 Å². The molecule has 0 bridgehead atoms. The standard InChI is InChI=1S/C28H20Cl2O4/c29-17-19-1-5-23(6-2-19)27(31)33-25-13-9-21(10-14-25)22-11-15-26(16-12-22)34-28(32)24-7-3-20(18-30)4-8-24/h1-16H,17-18H2. The average molecular weight is 491 g/mol. The zero-order valence-electron chi connectivity index (χ0n) is 18.0. The Labute approximate surface area is 207 Å². The van der Waals surface area contributed by atoms with Crippen LogP contribution in [0.3, 0.4) is 0 Å². The van der Waals surface area contributed by atoms with E-state index in [9.17, 15) is 9.59 Å². The maximum absolute atomic E-state index is 12.3. The first kappa shape index (κ1) is 23.6. The van der Waals surface area contributed by atoms with Gasteiger partial charge >= 0.3 is 11.9 Å². The van der Waals surface area contributed by atoms with Crippen molar-refractivity contribution in [3.8, 4) is 22.6 Å². The highest BCUT2D eigenvalue weighted by Gasteiger charge is 2.10. The van der Waals surface area contributed by atoms with Crippen molar-refractivity contribution in [2.24, 2.45) is 0 Å². The van der Waals surface area contributed by atoms with E-state index in [1.54, 1.807) is 72.8 Å². The lowest BCUT2D eigenvalue weighted by atomic mass is 10.1. The Morgan fingerprint density at radius 3 is 1.12 bits per heavy atom. The highest BCUT2D eigenvalue weighted by atomic mass is 35.5. The van der Waals surface area contributed by atoms with Gasteiger partial charge < -0.3 is 9.47 Å². The summed E-state index contributed by atoms with van der Waals surface area (Å²) in [4.78, 5) is 24.7. The van der Waals surface area contributed by atoms with E-state index in [-0.39, 0.29) is 0 Å². The second kappa shape index (κ2) is 11.0. The molecule has 0 fully saturated rings. The largest absolute Gasteiger partial charge is 0.423 e. The Morgan fingerprint density at radius 2 is 0.824 bits per heavy atom. The lowest BCUT2D eigenvalue weighted by Gasteiger charge is -2.08. The summed E-state index contributed by atoms with van der Waals surface area (Å²) in [6, 6.07) is 28.3. The summed E-state index contributed by atoms with van der Waals surface area (Å²) < 4.78 is 10.9. The third kappa shape index (κ3) is 5.84. The van der Waals surface area contributed by atoms with Crippen LogP contribution in [0.15, 0.2) is 97.1 Å². The van der Waals surface area contributed by atoms with Crippen LogP contribution in [0.4, 0.5) is 0 Å². The molecule has 4 aromatic carbocycles. The molecule has 0 saturated carbocycles. The van der Waals surface area contributed by atoms with Crippen molar-refractivity contribution in [1.82, 2.24) is 0 Å². The minimum atomic E-state index is -0.433. The van der Waals surface area contributed by atoms with Gasteiger partial charge in [0.15, 0.2) is 0 Å². The van der Waals surface area contributed by atoms with E-state index in [4.69, 9.17) is 32.7 Å². The SMILES string of the molecule is O=C(Oc1ccc(-c2ccc(OC(=O)c3ccc(CCl)cc3)cc2)cc1)c1ccc(CCl)cc1. The first-order valence-electron chi connectivity index (χ1n) is 10.5. The molecular formula is C28H20Cl2O4. The molecule has 0 N–H and O–H groups in total. The summed E-state index contributed by atoms with van der Waals surface area (Å²) >= 11 is 11.6. The number of rotatable bonds is 7. The van der Waals surface area contributed by atoms with E-state index < -0.39 is 11.9 Å². The van der Waals surface area contributed by atoms with Gasteiger partial charge in [0.2, 0.25) is 0 Å². The fourth-order valence-electron chi connectivity index (χ4n) is 3.22. The van der Waals surface area contributed by atoms with Crippen LogP contribution >= 0.6 is 23.2 Å². The van der Waals surface area contributed by atoms with Gasteiger partial charge in [0.25, 0.3) is 0 Å². The van der Waals surface area contributed by atoms with Gasteiger partial charge in [-0.05, 0) is 70.8 Å². The topological polar surface area (TPSA) is 52.6 Å². The molecule has 0 unspecified atom stereocenters. The van der Waals surface area contributed by atoms with Gasteiger partial charge in [0.05, 0.1) is 11.1 Å². The molecule has 0 amide bonds. The highest BCUT2D eigenvalue weighted by Crippen LogP contribution is 2.25. The molecule has 0 radical (unpaired) electrons. The summed E-state index contributed by atoms with van der Waals surface area (Å²) in [5, 5.41) is 0. The molecular weight excluding hydrogens is 471 g/mol. The molecule has 6 heteroatoms. The number of esters is 2. The minimum Gasteiger partial charge on any atom is -0.423 e. The number of hydrogen-bond acceptors (Lipinski definition) is 4. The quantitative estimate of drug-likeness (QED) is 0.155. The Morgan fingerprint density at radius 1 is 0.500 bits per heavy atom. The number of alkyl halides is 2. The molecule has 4 nitrogen and oxygen atoms in total. The molecule has 170 valence electrons. The van der Waals surface area contributed by atoms with Crippen LogP contribution in [0, 0.1) is 0 Å². The molecule has 4 rings (SSSR count). The van der Waals surface area contributed by atoms with Crippen LogP contribution in [-0.4, -0.2) is 11.9 Å². The van der Waals surface area contributed by atoms with Crippen molar-refractivity contribution in [2.45, 2.75) is 11.8 Å². The van der Waals surface area contributed by atoms with E-state index >= 15 is 0 Å². The maximum atomic E-state index is 12.3. The second-order valence-electron chi connectivity index (χ2n) is 7.49. The van der Waals surface area contributed by atoms with E-state index in [2.05, 4.69) is 0 Å². The zero-order valence-corrected chi connectivity index (χ0v) is 19.6. The molecule has 0 spiro atoms. The molecule has 0 saturated heterocycles.